The molecule has 2 aromatic rings. The lowest BCUT2D eigenvalue weighted by atomic mass is 10.5. The first kappa shape index (κ1) is 17.0. The number of carbonyl (C=O) groups is 2. The monoisotopic (exact) mass is 462 g/mol. The fourth-order valence-corrected chi connectivity index (χ4v) is 3.80. The van der Waals surface area contributed by atoms with Crippen molar-refractivity contribution >= 4 is 78.8 Å². The Balaban J connectivity index is 1.78. The van der Waals surface area contributed by atoms with Crippen molar-refractivity contribution in [2.75, 3.05) is 0 Å². The predicted octanol–water partition coefficient (Wildman–Crippen LogP) is 2.94. The molecule has 0 aromatic carbocycles. The topological polar surface area (TPSA) is 82.9 Å². The van der Waals surface area contributed by atoms with Gasteiger partial charge in [0, 0.05) is 9.75 Å². The van der Waals surface area contributed by atoms with Crippen LogP contribution < -0.4 is 10.9 Å². The van der Waals surface area contributed by atoms with Crippen molar-refractivity contribution in [2.45, 2.75) is 0 Å². The number of hydrogen-bond acceptors (Lipinski definition) is 6. The molecule has 2 rings (SSSR count). The number of halogens is 2. The van der Waals surface area contributed by atoms with Crippen LogP contribution in [0.5, 0.6) is 0 Å². The molecule has 114 valence electrons. The number of rotatable bonds is 4. The third-order valence-corrected chi connectivity index (χ3v) is 5.23. The van der Waals surface area contributed by atoms with Crippen LogP contribution in [0.4, 0.5) is 0 Å². The molecule has 2 N–H and O–H groups in total. The quantitative estimate of drug-likeness (QED) is 0.415. The molecular weight excluding hydrogens is 456 g/mol. The molecule has 0 aliphatic rings. The molecule has 6 nitrogen and oxygen atoms in total. The SMILES string of the molecule is O=C(N/N=C\c1ccc(Br)s1)C(=O)N/N=C\c1ccc(Br)s1. The lowest BCUT2D eigenvalue weighted by Crippen LogP contribution is -2.35. The molecule has 10 heteroatoms. The Morgan fingerprint density at radius 1 is 0.864 bits per heavy atom. The average Bonchev–Trinajstić information content (AvgIpc) is 3.07. The zero-order valence-corrected chi connectivity index (χ0v) is 15.6. The molecule has 0 saturated carbocycles. The summed E-state index contributed by atoms with van der Waals surface area (Å²) in [5.74, 6) is -1.78. The average molecular weight is 464 g/mol. The van der Waals surface area contributed by atoms with E-state index in [1.165, 1.54) is 35.1 Å². The van der Waals surface area contributed by atoms with E-state index >= 15 is 0 Å². The molecule has 0 saturated heterocycles. The van der Waals surface area contributed by atoms with Crippen molar-refractivity contribution in [3.05, 3.63) is 41.6 Å². The highest BCUT2D eigenvalue weighted by molar-refractivity contribution is 9.11. The lowest BCUT2D eigenvalue weighted by molar-refractivity contribution is -0.139. The molecule has 2 heterocycles. The summed E-state index contributed by atoms with van der Waals surface area (Å²) >= 11 is 9.53. The van der Waals surface area contributed by atoms with E-state index < -0.39 is 11.8 Å². The first-order chi connectivity index (χ1) is 10.5. The van der Waals surface area contributed by atoms with Gasteiger partial charge in [0.15, 0.2) is 0 Å². The number of amides is 2. The maximum Gasteiger partial charge on any atom is 0.331 e. The number of nitrogens with zero attached hydrogens (tertiary/aromatic N) is 2. The van der Waals surface area contributed by atoms with Crippen LogP contribution >= 0.6 is 54.5 Å². The summed E-state index contributed by atoms with van der Waals surface area (Å²) in [5.41, 5.74) is 4.25. The Morgan fingerprint density at radius 2 is 1.27 bits per heavy atom. The van der Waals surface area contributed by atoms with Crippen LogP contribution in [0.15, 0.2) is 42.0 Å². The van der Waals surface area contributed by atoms with Gasteiger partial charge in [-0.15, -0.1) is 22.7 Å². The van der Waals surface area contributed by atoms with Crippen LogP contribution in [0.2, 0.25) is 0 Å². The molecule has 0 fully saturated rings. The zero-order valence-electron chi connectivity index (χ0n) is 10.7. The maximum atomic E-state index is 11.5. The normalized spacial score (nSPS) is 11.2. The Kier molecular flexibility index (Phi) is 6.43. The summed E-state index contributed by atoms with van der Waals surface area (Å²) in [7, 11) is 0. The summed E-state index contributed by atoms with van der Waals surface area (Å²) in [6.45, 7) is 0. The van der Waals surface area contributed by atoms with Crippen molar-refractivity contribution in [1.82, 2.24) is 10.9 Å². The van der Waals surface area contributed by atoms with Gasteiger partial charge < -0.3 is 0 Å². The predicted molar refractivity (Wildman–Crippen MR) is 95.5 cm³/mol. The van der Waals surface area contributed by atoms with Crippen LogP contribution in [-0.4, -0.2) is 24.2 Å². The maximum absolute atomic E-state index is 11.5. The van der Waals surface area contributed by atoms with E-state index in [0.717, 1.165) is 17.3 Å². The second kappa shape index (κ2) is 8.32. The van der Waals surface area contributed by atoms with E-state index in [1.807, 2.05) is 24.3 Å². The number of hydrazone groups is 2. The third-order valence-electron chi connectivity index (χ3n) is 2.11. The van der Waals surface area contributed by atoms with Gasteiger partial charge in [-0.25, -0.2) is 10.9 Å². The van der Waals surface area contributed by atoms with E-state index in [1.54, 1.807) is 0 Å². The molecule has 0 aliphatic carbocycles. The van der Waals surface area contributed by atoms with E-state index in [-0.39, 0.29) is 0 Å². The second-order valence-corrected chi connectivity index (χ2v) is 8.67. The molecule has 2 amide bonds. The molecular formula is C12H8Br2N4O2S2. The van der Waals surface area contributed by atoms with Crippen LogP contribution in [0.25, 0.3) is 0 Å². The zero-order chi connectivity index (χ0) is 15.9. The fraction of sp³-hybridized carbons (Fsp3) is 0. The van der Waals surface area contributed by atoms with Gasteiger partial charge in [-0.05, 0) is 56.1 Å². The summed E-state index contributed by atoms with van der Waals surface area (Å²) < 4.78 is 1.90. The van der Waals surface area contributed by atoms with Crippen LogP contribution in [0, 0.1) is 0 Å². The number of carbonyl (C=O) groups excluding carboxylic acids is 2. The van der Waals surface area contributed by atoms with Crippen LogP contribution in [-0.2, 0) is 9.59 Å². The molecule has 0 bridgehead atoms. The number of nitrogens with one attached hydrogen (secondary N) is 2. The van der Waals surface area contributed by atoms with Crippen molar-refractivity contribution in [1.29, 1.82) is 0 Å². The van der Waals surface area contributed by atoms with E-state index in [9.17, 15) is 9.59 Å². The Morgan fingerprint density at radius 3 is 1.59 bits per heavy atom. The van der Waals surface area contributed by atoms with Gasteiger partial charge in [0.1, 0.15) is 0 Å². The highest BCUT2D eigenvalue weighted by Crippen LogP contribution is 2.20. The Bertz CT molecular complexity index is 677. The van der Waals surface area contributed by atoms with Crippen LogP contribution in [0.3, 0.4) is 0 Å². The molecule has 0 radical (unpaired) electrons. The summed E-state index contributed by atoms with van der Waals surface area (Å²) in [4.78, 5) is 24.6. The lowest BCUT2D eigenvalue weighted by Gasteiger charge is -1.97. The van der Waals surface area contributed by atoms with Gasteiger partial charge in [0.2, 0.25) is 0 Å². The largest absolute Gasteiger partial charge is 0.331 e. The molecule has 0 spiro atoms. The molecule has 0 unspecified atom stereocenters. The van der Waals surface area contributed by atoms with Crippen molar-refractivity contribution in [3.63, 3.8) is 0 Å². The van der Waals surface area contributed by atoms with Gasteiger partial charge in [-0.1, -0.05) is 0 Å². The van der Waals surface area contributed by atoms with Gasteiger partial charge in [-0.2, -0.15) is 10.2 Å². The van der Waals surface area contributed by atoms with Gasteiger partial charge in [0.05, 0.1) is 20.0 Å². The molecule has 2 aromatic heterocycles. The summed E-state index contributed by atoms with van der Waals surface area (Å²) in [6, 6.07) is 7.37. The number of hydrogen-bond donors (Lipinski definition) is 2. The minimum absolute atomic E-state index is 0.842. The first-order valence-electron chi connectivity index (χ1n) is 5.72. The molecule has 22 heavy (non-hydrogen) atoms. The second-order valence-electron chi connectivity index (χ2n) is 3.68. The van der Waals surface area contributed by atoms with E-state index in [0.29, 0.717) is 0 Å². The summed E-state index contributed by atoms with van der Waals surface area (Å²) in [5, 5.41) is 7.39. The standard InChI is InChI=1S/C12H8Br2N4O2S2/c13-9-3-1-7(21-9)5-15-17-11(19)12(20)18-16-6-8-2-4-10(14)22-8/h1-6H,(H,17,19)(H,18,20)/b15-5-,16-6-. The third kappa shape index (κ3) is 5.44. The first-order valence-corrected chi connectivity index (χ1v) is 8.93. The Hall–Kier alpha value is -1.36. The van der Waals surface area contributed by atoms with E-state index in [4.69, 9.17) is 0 Å². The molecule has 0 atom stereocenters. The van der Waals surface area contributed by atoms with Gasteiger partial charge >= 0.3 is 11.8 Å². The van der Waals surface area contributed by atoms with Crippen molar-refractivity contribution < 1.29 is 9.59 Å². The Labute approximate surface area is 150 Å². The van der Waals surface area contributed by atoms with E-state index in [2.05, 4.69) is 52.9 Å². The minimum Gasteiger partial charge on any atom is -0.262 e. The highest BCUT2D eigenvalue weighted by Gasteiger charge is 2.11. The molecule has 0 aliphatic heterocycles. The van der Waals surface area contributed by atoms with Gasteiger partial charge in [-0.3, -0.25) is 9.59 Å². The van der Waals surface area contributed by atoms with Crippen molar-refractivity contribution in [2.24, 2.45) is 10.2 Å². The van der Waals surface area contributed by atoms with Crippen molar-refractivity contribution in [3.8, 4) is 0 Å². The van der Waals surface area contributed by atoms with Crippen LogP contribution in [0.1, 0.15) is 9.75 Å². The summed E-state index contributed by atoms with van der Waals surface area (Å²) in [6.07, 6.45) is 2.90. The number of thiophene rings is 2. The minimum atomic E-state index is -0.892. The fourth-order valence-electron chi connectivity index (χ4n) is 1.21. The van der Waals surface area contributed by atoms with Gasteiger partial charge in [0.25, 0.3) is 0 Å². The smallest absolute Gasteiger partial charge is 0.262 e. The highest BCUT2D eigenvalue weighted by atomic mass is 79.9.